The van der Waals surface area contributed by atoms with Gasteiger partial charge in [-0.15, -0.1) is 0 Å². The molecule has 0 aliphatic carbocycles. The van der Waals surface area contributed by atoms with Crippen LogP contribution in [0.1, 0.15) is 22.7 Å². The van der Waals surface area contributed by atoms with Crippen LogP contribution in [0.5, 0.6) is 0 Å². The summed E-state index contributed by atoms with van der Waals surface area (Å²) in [4.78, 5) is 0. The molecule has 0 heterocycles. The summed E-state index contributed by atoms with van der Waals surface area (Å²) in [6, 6.07) is 9.47. The lowest BCUT2D eigenvalue weighted by atomic mass is 9.98. The van der Waals surface area contributed by atoms with E-state index in [1.54, 1.807) is 0 Å². The summed E-state index contributed by atoms with van der Waals surface area (Å²) in [5.74, 6) is -0.417. The fourth-order valence-corrected chi connectivity index (χ4v) is 1.77. The van der Waals surface area contributed by atoms with Gasteiger partial charge in [-0.05, 0) is 35.4 Å². The molecule has 0 radical (unpaired) electrons. The molecule has 0 fully saturated rings. The van der Waals surface area contributed by atoms with Gasteiger partial charge in [0, 0.05) is 0 Å². The van der Waals surface area contributed by atoms with Crippen molar-refractivity contribution in [2.24, 2.45) is 5.73 Å². The predicted octanol–water partition coefficient (Wildman–Crippen LogP) is 3.89. The van der Waals surface area contributed by atoms with Crippen molar-refractivity contribution in [3.63, 3.8) is 0 Å². The van der Waals surface area contributed by atoms with Gasteiger partial charge in [-0.2, -0.15) is 13.2 Å². The largest absolute Gasteiger partial charge is 0.416 e. The van der Waals surface area contributed by atoms with Crippen LogP contribution in [0.15, 0.2) is 48.5 Å². The fourth-order valence-electron chi connectivity index (χ4n) is 1.77. The van der Waals surface area contributed by atoms with E-state index in [2.05, 4.69) is 0 Å². The topological polar surface area (TPSA) is 26.0 Å². The Labute approximate surface area is 107 Å². The van der Waals surface area contributed by atoms with Crippen LogP contribution >= 0.6 is 0 Å². The van der Waals surface area contributed by atoms with Crippen LogP contribution in [-0.2, 0) is 6.18 Å². The first-order valence-corrected chi connectivity index (χ1v) is 5.56. The molecule has 1 nitrogen and oxygen atoms in total. The van der Waals surface area contributed by atoms with E-state index in [0.29, 0.717) is 11.1 Å². The van der Waals surface area contributed by atoms with Crippen molar-refractivity contribution < 1.29 is 17.6 Å². The maximum Gasteiger partial charge on any atom is 0.416 e. The summed E-state index contributed by atoms with van der Waals surface area (Å²) in [6.07, 6.45) is -4.40. The molecule has 0 unspecified atom stereocenters. The average molecular weight is 269 g/mol. The highest BCUT2D eigenvalue weighted by Crippen LogP contribution is 2.31. The van der Waals surface area contributed by atoms with Gasteiger partial charge in [-0.3, -0.25) is 0 Å². The zero-order valence-electron chi connectivity index (χ0n) is 9.79. The second-order valence-electron chi connectivity index (χ2n) is 4.15. The van der Waals surface area contributed by atoms with Crippen LogP contribution < -0.4 is 5.73 Å². The van der Waals surface area contributed by atoms with Gasteiger partial charge in [0.1, 0.15) is 5.82 Å². The second-order valence-corrected chi connectivity index (χ2v) is 4.15. The second kappa shape index (κ2) is 5.01. The van der Waals surface area contributed by atoms with Gasteiger partial charge in [0.2, 0.25) is 0 Å². The molecule has 2 N–H and O–H groups in total. The number of hydrogen-bond acceptors (Lipinski definition) is 1. The van der Waals surface area contributed by atoms with E-state index < -0.39 is 23.6 Å². The van der Waals surface area contributed by atoms with Crippen molar-refractivity contribution in [2.75, 3.05) is 0 Å². The van der Waals surface area contributed by atoms with Crippen LogP contribution in [0.3, 0.4) is 0 Å². The molecule has 2 aromatic carbocycles. The molecular formula is C14H11F4N. The number of halogens is 4. The quantitative estimate of drug-likeness (QED) is 0.822. The van der Waals surface area contributed by atoms with Crippen LogP contribution in [-0.4, -0.2) is 0 Å². The fraction of sp³-hybridized carbons (Fsp3) is 0.143. The SMILES string of the molecule is N[C@H](c1ccc(F)cc1)c1cccc(C(F)(F)F)c1. The summed E-state index contributed by atoms with van der Waals surface area (Å²) in [6.45, 7) is 0. The van der Waals surface area contributed by atoms with E-state index in [1.165, 1.54) is 36.4 Å². The van der Waals surface area contributed by atoms with Crippen LogP contribution in [0.4, 0.5) is 17.6 Å². The number of rotatable bonds is 2. The summed E-state index contributed by atoms with van der Waals surface area (Å²) in [5, 5.41) is 0. The highest BCUT2D eigenvalue weighted by molar-refractivity contribution is 5.34. The van der Waals surface area contributed by atoms with E-state index in [-0.39, 0.29) is 0 Å². The van der Waals surface area contributed by atoms with E-state index >= 15 is 0 Å². The van der Waals surface area contributed by atoms with Crippen molar-refractivity contribution in [1.29, 1.82) is 0 Å². The first kappa shape index (κ1) is 13.5. The van der Waals surface area contributed by atoms with Crippen LogP contribution in [0.2, 0.25) is 0 Å². The first-order chi connectivity index (χ1) is 8.88. The lowest BCUT2D eigenvalue weighted by molar-refractivity contribution is -0.137. The molecule has 1 atom stereocenters. The molecule has 5 heteroatoms. The standard InChI is InChI=1S/C14H11F4N/c15-12-6-4-9(5-7-12)13(19)10-2-1-3-11(8-10)14(16,17)18/h1-8,13H,19H2/t13-/m1/s1. The maximum absolute atomic E-state index is 12.8. The van der Waals surface area contributed by atoms with Gasteiger partial charge in [0.25, 0.3) is 0 Å². The Morgan fingerprint density at radius 2 is 1.53 bits per heavy atom. The number of alkyl halides is 3. The Kier molecular flexibility index (Phi) is 3.57. The van der Waals surface area contributed by atoms with Gasteiger partial charge >= 0.3 is 6.18 Å². The van der Waals surface area contributed by atoms with Gasteiger partial charge in [-0.25, -0.2) is 4.39 Å². The molecule has 0 saturated carbocycles. The minimum absolute atomic E-state index is 0.335. The third-order valence-corrected chi connectivity index (χ3v) is 2.80. The Morgan fingerprint density at radius 1 is 0.895 bits per heavy atom. The van der Waals surface area contributed by atoms with Crippen molar-refractivity contribution in [1.82, 2.24) is 0 Å². The van der Waals surface area contributed by atoms with E-state index in [9.17, 15) is 17.6 Å². The van der Waals surface area contributed by atoms with Crippen molar-refractivity contribution in [3.8, 4) is 0 Å². The molecule has 2 aromatic rings. The Bertz CT molecular complexity index is 560. The molecule has 0 bridgehead atoms. The minimum atomic E-state index is -4.40. The van der Waals surface area contributed by atoms with Crippen LogP contribution in [0.25, 0.3) is 0 Å². The molecule has 0 saturated heterocycles. The van der Waals surface area contributed by atoms with Gasteiger partial charge in [0.15, 0.2) is 0 Å². The van der Waals surface area contributed by atoms with Gasteiger partial charge in [-0.1, -0.05) is 24.3 Å². The molecular weight excluding hydrogens is 258 g/mol. The van der Waals surface area contributed by atoms with Crippen molar-refractivity contribution >= 4 is 0 Å². The average Bonchev–Trinajstić information content (AvgIpc) is 2.38. The zero-order valence-corrected chi connectivity index (χ0v) is 9.79. The predicted molar refractivity (Wildman–Crippen MR) is 63.9 cm³/mol. The highest BCUT2D eigenvalue weighted by Gasteiger charge is 2.30. The molecule has 0 aliphatic rings. The molecule has 0 spiro atoms. The summed E-state index contributed by atoms with van der Waals surface area (Å²) < 4.78 is 50.6. The van der Waals surface area contributed by atoms with E-state index in [4.69, 9.17) is 5.73 Å². The monoisotopic (exact) mass is 269 g/mol. The smallest absolute Gasteiger partial charge is 0.320 e. The number of nitrogens with two attached hydrogens (primary N) is 1. The normalized spacial score (nSPS) is 13.3. The number of benzene rings is 2. The summed E-state index contributed by atoms with van der Waals surface area (Å²) in [7, 11) is 0. The lowest BCUT2D eigenvalue weighted by Crippen LogP contribution is -2.13. The zero-order chi connectivity index (χ0) is 14.0. The minimum Gasteiger partial charge on any atom is -0.320 e. The molecule has 0 aromatic heterocycles. The third kappa shape index (κ3) is 3.12. The third-order valence-electron chi connectivity index (χ3n) is 2.80. The molecule has 2 rings (SSSR count). The number of hydrogen-bond donors (Lipinski definition) is 1. The van der Waals surface area contributed by atoms with Gasteiger partial charge < -0.3 is 5.73 Å². The molecule has 0 aliphatic heterocycles. The van der Waals surface area contributed by atoms with E-state index in [1.807, 2.05) is 0 Å². The first-order valence-electron chi connectivity index (χ1n) is 5.56. The summed E-state index contributed by atoms with van der Waals surface area (Å²) >= 11 is 0. The van der Waals surface area contributed by atoms with Gasteiger partial charge in [0.05, 0.1) is 11.6 Å². The summed E-state index contributed by atoms with van der Waals surface area (Å²) in [5.41, 5.74) is 6.03. The molecule has 100 valence electrons. The van der Waals surface area contributed by atoms with Crippen LogP contribution in [0, 0.1) is 5.82 Å². The lowest BCUT2D eigenvalue weighted by Gasteiger charge is -2.15. The van der Waals surface area contributed by atoms with Crippen molar-refractivity contribution in [3.05, 3.63) is 71.0 Å². The Hall–Kier alpha value is -1.88. The maximum atomic E-state index is 12.8. The van der Waals surface area contributed by atoms with Crippen molar-refractivity contribution in [2.45, 2.75) is 12.2 Å². The molecule has 0 amide bonds. The Balaban J connectivity index is 2.34. The molecule has 19 heavy (non-hydrogen) atoms. The van der Waals surface area contributed by atoms with E-state index in [0.717, 1.165) is 12.1 Å². The Morgan fingerprint density at radius 3 is 2.11 bits per heavy atom. The highest BCUT2D eigenvalue weighted by atomic mass is 19.4.